The van der Waals surface area contributed by atoms with Crippen molar-refractivity contribution in [3.63, 3.8) is 0 Å². The molecular weight excluding hydrogens is 214 g/mol. The van der Waals surface area contributed by atoms with Crippen molar-refractivity contribution in [3.8, 4) is 5.75 Å². The van der Waals surface area contributed by atoms with E-state index < -0.39 is 0 Å². The lowest BCUT2D eigenvalue weighted by molar-refractivity contribution is -0.119. The Morgan fingerprint density at radius 1 is 1.35 bits per heavy atom. The third kappa shape index (κ3) is 2.60. The molecule has 1 atom stereocenters. The van der Waals surface area contributed by atoms with Crippen molar-refractivity contribution in [2.24, 2.45) is 11.8 Å². The first-order valence-corrected chi connectivity index (χ1v) is 6.10. The van der Waals surface area contributed by atoms with E-state index in [0.717, 1.165) is 16.8 Å². The molecular formula is C14H19NO2. The molecule has 0 aliphatic heterocycles. The second-order valence-electron chi connectivity index (χ2n) is 5.07. The van der Waals surface area contributed by atoms with E-state index >= 15 is 0 Å². The van der Waals surface area contributed by atoms with Gasteiger partial charge in [-0.15, -0.1) is 0 Å². The standard InChI is InChI=1S/C14H19NO2/c1-8-7-13(16)9(2)6-12(8)15-14(17)10(3)11-4-5-11/h6-7,10-11,16H,4-5H2,1-3H3,(H,15,17). The van der Waals surface area contributed by atoms with Gasteiger partial charge in [0.05, 0.1) is 0 Å². The van der Waals surface area contributed by atoms with Gasteiger partial charge in [0.25, 0.3) is 0 Å². The number of benzene rings is 1. The van der Waals surface area contributed by atoms with Gasteiger partial charge in [-0.25, -0.2) is 0 Å². The van der Waals surface area contributed by atoms with Crippen molar-refractivity contribution in [1.29, 1.82) is 0 Å². The van der Waals surface area contributed by atoms with Gasteiger partial charge in [0.1, 0.15) is 5.75 Å². The molecule has 3 heteroatoms. The Balaban J connectivity index is 2.12. The second-order valence-corrected chi connectivity index (χ2v) is 5.07. The molecule has 1 saturated carbocycles. The average molecular weight is 233 g/mol. The van der Waals surface area contributed by atoms with Crippen molar-refractivity contribution in [1.82, 2.24) is 0 Å². The summed E-state index contributed by atoms with van der Waals surface area (Å²) in [4.78, 5) is 12.0. The molecule has 1 amide bonds. The molecule has 1 aliphatic carbocycles. The molecule has 0 heterocycles. The van der Waals surface area contributed by atoms with Gasteiger partial charge in [0.15, 0.2) is 0 Å². The van der Waals surface area contributed by atoms with Crippen LogP contribution in [0, 0.1) is 25.7 Å². The second kappa shape index (κ2) is 4.40. The zero-order valence-electron chi connectivity index (χ0n) is 10.6. The summed E-state index contributed by atoms with van der Waals surface area (Å²) in [6.07, 6.45) is 2.34. The maximum atomic E-state index is 12.0. The summed E-state index contributed by atoms with van der Waals surface area (Å²) in [5.74, 6) is 1.01. The summed E-state index contributed by atoms with van der Waals surface area (Å²) in [7, 11) is 0. The van der Waals surface area contributed by atoms with E-state index in [9.17, 15) is 9.90 Å². The van der Waals surface area contributed by atoms with E-state index in [2.05, 4.69) is 5.32 Å². The molecule has 1 unspecified atom stereocenters. The van der Waals surface area contributed by atoms with E-state index in [1.165, 1.54) is 12.8 Å². The maximum Gasteiger partial charge on any atom is 0.227 e. The fourth-order valence-corrected chi connectivity index (χ4v) is 1.99. The van der Waals surface area contributed by atoms with Gasteiger partial charge in [0, 0.05) is 11.6 Å². The predicted molar refractivity (Wildman–Crippen MR) is 68.1 cm³/mol. The zero-order valence-corrected chi connectivity index (χ0v) is 10.6. The largest absolute Gasteiger partial charge is 0.508 e. The minimum atomic E-state index is 0.0840. The number of aromatic hydroxyl groups is 1. The first-order valence-electron chi connectivity index (χ1n) is 6.10. The topological polar surface area (TPSA) is 49.3 Å². The van der Waals surface area contributed by atoms with Crippen LogP contribution in [0.4, 0.5) is 5.69 Å². The van der Waals surface area contributed by atoms with E-state index in [1.807, 2.05) is 26.8 Å². The van der Waals surface area contributed by atoms with Gasteiger partial charge in [-0.1, -0.05) is 6.92 Å². The number of rotatable bonds is 3. The van der Waals surface area contributed by atoms with Crippen molar-refractivity contribution in [2.75, 3.05) is 5.32 Å². The minimum absolute atomic E-state index is 0.0840. The van der Waals surface area contributed by atoms with Crippen LogP contribution in [-0.4, -0.2) is 11.0 Å². The smallest absolute Gasteiger partial charge is 0.227 e. The number of nitrogens with one attached hydrogen (secondary N) is 1. The first-order chi connectivity index (χ1) is 7.99. The van der Waals surface area contributed by atoms with E-state index in [-0.39, 0.29) is 17.6 Å². The number of carbonyl (C=O) groups excluding carboxylic acids is 1. The zero-order chi connectivity index (χ0) is 12.6. The van der Waals surface area contributed by atoms with Crippen molar-refractivity contribution < 1.29 is 9.90 Å². The summed E-state index contributed by atoms with van der Waals surface area (Å²) in [6.45, 7) is 5.70. The molecule has 2 rings (SSSR count). The number of anilines is 1. The first kappa shape index (κ1) is 12.0. The lowest BCUT2D eigenvalue weighted by atomic mass is 10.0. The fraction of sp³-hybridized carbons (Fsp3) is 0.500. The number of amides is 1. The fourth-order valence-electron chi connectivity index (χ4n) is 1.99. The molecule has 0 aromatic heterocycles. The average Bonchev–Trinajstić information content (AvgIpc) is 3.08. The monoisotopic (exact) mass is 233 g/mol. The number of carbonyl (C=O) groups is 1. The summed E-state index contributed by atoms with van der Waals surface area (Å²) in [6, 6.07) is 3.51. The SMILES string of the molecule is Cc1cc(NC(=O)C(C)C2CC2)c(C)cc1O. The molecule has 0 spiro atoms. The maximum absolute atomic E-state index is 12.0. The van der Waals surface area contributed by atoms with Crippen LogP contribution in [0.1, 0.15) is 30.9 Å². The van der Waals surface area contributed by atoms with Gasteiger partial charge < -0.3 is 10.4 Å². The molecule has 1 fully saturated rings. The Hall–Kier alpha value is -1.51. The van der Waals surface area contributed by atoms with E-state index in [4.69, 9.17) is 0 Å². The lowest BCUT2D eigenvalue weighted by Crippen LogP contribution is -2.22. The van der Waals surface area contributed by atoms with Crippen LogP contribution in [0.15, 0.2) is 12.1 Å². The van der Waals surface area contributed by atoms with Crippen molar-refractivity contribution >= 4 is 11.6 Å². The molecule has 1 aromatic carbocycles. The molecule has 17 heavy (non-hydrogen) atoms. The molecule has 0 saturated heterocycles. The lowest BCUT2D eigenvalue weighted by Gasteiger charge is -2.14. The number of hydrogen-bond acceptors (Lipinski definition) is 2. The number of phenolic OH excluding ortho intramolecular Hbond substituents is 1. The van der Waals surface area contributed by atoms with Crippen LogP contribution in [0.2, 0.25) is 0 Å². The van der Waals surface area contributed by atoms with Gasteiger partial charge in [-0.05, 0) is 55.9 Å². The number of aryl methyl sites for hydroxylation is 2. The third-order valence-corrected chi connectivity index (χ3v) is 3.54. The van der Waals surface area contributed by atoms with Gasteiger partial charge >= 0.3 is 0 Å². The molecule has 92 valence electrons. The van der Waals surface area contributed by atoms with Gasteiger partial charge in [0.2, 0.25) is 5.91 Å². The van der Waals surface area contributed by atoms with Gasteiger partial charge in [-0.3, -0.25) is 4.79 Å². The Labute approximate surface area is 102 Å². The Morgan fingerprint density at radius 3 is 2.59 bits per heavy atom. The van der Waals surface area contributed by atoms with Crippen LogP contribution in [0.25, 0.3) is 0 Å². The van der Waals surface area contributed by atoms with Crippen LogP contribution in [0.5, 0.6) is 5.75 Å². The third-order valence-electron chi connectivity index (χ3n) is 3.54. The Morgan fingerprint density at radius 2 is 2.00 bits per heavy atom. The van der Waals surface area contributed by atoms with Crippen LogP contribution in [0.3, 0.4) is 0 Å². The van der Waals surface area contributed by atoms with E-state index in [0.29, 0.717) is 5.92 Å². The minimum Gasteiger partial charge on any atom is -0.508 e. The molecule has 1 aromatic rings. The highest BCUT2D eigenvalue weighted by molar-refractivity contribution is 5.93. The summed E-state index contributed by atoms with van der Waals surface area (Å²) in [5, 5.41) is 12.5. The molecule has 3 nitrogen and oxygen atoms in total. The van der Waals surface area contributed by atoms with Crippen LogP contribution < -0.4 is 5.32 Å². The van der Waals surface area contributed by atoms with Crippen LogP contribution in [-0.2, 0) is 4.79 Å². The van der Waals surface area contributed by atoms with E-state index in [1.54, 1.807) is 6.07 Å². The molecule has 0 radical (unpaired) electrons. The summed E-state index contributed by atoms with van der Waals surface area (Å²) in [5.41, 5.74) is 2.48. The Bertz CT molecular complexity index is 450. The Kier molecular flexibility index (Phi) is 3.09. The molecule has 1 aliphatic rings. The molecule has 0 bridgehead atoms. The van der Waals surface area contributed by atoms with Gasteiger partial charge in [-0.2, -0.15) is 0 Å². The molecule has 2 N–H and O–H groups in total. The van der Waals surface area contributed by atoms with Crippen molar-refractivity contribution in [3.05, 3.63) is 23.3 Å². The number of hydrogen-bond donors (Lipinski definition) is 2. The quantitative estimate of drug-likeness (QED) is 0.788. The number of phenols is 1. The predicted octanol–water partition coefficient (Wildman–Crippen LogP) is 2.99. The summed E-state index contributed by atoms with van der Waals surface area (Å²) >= 11 is 0. The van der Waals surface area contributed by atoms with Crippen molar-refractivity contribution in [2.45, 2.75) is 33.6 Å². The highest BCUT2D eigenvalue weighted by Gasteiger charge is 2.32. The highest BCUT2D eigenvalue weighted by Crippen LogP contribution is 2.37. The normalized spacial score (nSPS) is 16.6. The van der Waals surface area contributed by atoms with Crippen LogP contribution >= 0.6 is 0 Å². The summed E-state index contributed by atoms with van der Waals surface area (Å²) < 4.78 is 0. The highest BCUT2D eigenvalue weighted by atomic mass is 16.3.